The average molecular weight is 598 g/mol. The molecule has 0 aliphatic heterocycles. The largest absolute Gasteiger partial charge is 0.495 e. The van der Waals surface area contributed by atoms with Gasteiger partial charge in [0.05, 0.1) is 19.1 Å². The summed E-state index contributed by atoms with van der Waals surface area (Å²) in [5.41, 5.74) is 1.85. The molecule has 1 saturated carbocycles. The van der Waals surface area contributed by atoms with Crippen LogP contribution in [0.15, 0.2) is 78.9 Å². The number of rotatable bonds is 12. The molecule has 41 heavy (non-hydrogen) atoms. The van der Waals surface area contributed by atoms with Crippen molar-refractivity contribution in [1.82, 2.24) is 10.2 Å². The van der Waals surface area contributed by atoms with Crippen molar-refractivity contribution in [2.75, 3.05) is 24.2 Å². The van der Waals surface area contributed by atoms with Crippen molar-refractivity contribution in [1.29, 1.82) is 0 Å². The predicted octanol–water partition coefficient (Wildman–Crippen LogP) is 4.81. The van der Waals surface area contributed by atoms with E-state index in [-0.39, 0.29) is 36.4 Å². The number of benzene rings is 3. The van der Waals surface area contributed by atoms with Crippen molar-refractivity contribution in [3.8, 4) is 5.75 Å². The van der Waals surface area contributed by atoms with E-state index < -0.39 is 28.5 Å². The Hall–Kier alpha value is -3.56. The SMILES string of the molecule is COc1ccc(Cl)cc1N(CC(=O)N(Cc1ccccc1)[C@H](Cc1ccccc1)C(=O)NC1CCCC1)S(C)(=O)=O. The third kappa shape index (κ3) is 8.24. The van der Waals surface area contributed by atoms with Crippen molar-refractivity contribution >= 4 is 39.1 Å². The molecule has 8 nitrogen and oxygen atoms in total. The minimum absolute atomic E-state index is 0.0534. The zero-order valence-corrected chi connectivity index (χ0v) is 24.9. The van der Waals surface area contributed by atoms with Crippen LogP contribution in [0.25, 0.3) is 0 Å². The quantitative estimate of drug-likeness (QED) is 0.323. The molecule has 3 aromatic rings. The zero-order valence-electron chi connectivity index (χ0n) is 23.3. The molecule has 1 N–H and O–H groups in total. The number of halogens is 1. The highest BCUT2D eigenvalue weighted by Crippen LogP contribution is 2.33. The summed E-state index contributed by atoms with van der Waals surface area (Å²) in [5.74, 6) is -0.526. The van der Waals surface area contributed by atoms with Gasteiger partial charge in [-0.05, 0) is 42.2 Å². The molecule has 0 aromatic heterocycles. The van der Waals surface area contributed by atoms with Crippen LogP contribution < -0.4 is 14.4 Å². The van der Waals surface area contributed by atoms with Crippen LogP contribution in [-0.2, 0) is 32.6 Å². The summed E-state index contributed by atoms with van der Waals surface area (Å²) >= 11 is 6.21. The van der Waals surface area contributed by atoms with E-state index in [1.54, 1.807) is 12.1 Å². The smallest absolute Gasteiger partial charge is 0.244 e. The number of nitrogens with zero attached hydrogens (tertiary/aromatic N) is 2. The van der Waals surface area contributed by atoms with E-state index in [2.05, 4.69) is 5.32 Å². The molecule has 0 unspecified atom stereocenters. The molecular formula is C31H36ClN3O5S. The van der Waals surface area contributed by atoms with Crippen LogP contribution in [0, 0.1) is 0 Å². The Kier molecular flexibility index (Phi) is 10.3. The number of anilines is 1. The van der Waals surface area contributed by atoms with Crippen molar-refractivity contribution < 1.29 is 22.7 Å². The highest BCUT2D eigenvalue weighted by atomic mass is 35.5. The van der Waals surface area contributed by atoms with Crippen LogP contribution in [0.4, 0.5) is 5.69 Å². The number of ether oxygens (including phenoxy) is 1. The van der Waals surface area contributed by atoms with Crippen LogP contribution in [0.5, 0.6) is 5.75 Å². The van der Waals surface area contributed by atoms with Crippen LogP contribution in [0.3, 0.4) is 0 Å². The lowest BCUT2D eigenvalue weighted by Crippen LogP contribution is -2.54. The van der Waals surface area contributed by atoms with Gasteiger partial charge in [0.1, 0.15) is 18.3 Å². The Labute approximate surface area is 247 Å². The maximum atomic E-state index is 14.2. The van der Waals surface area contributed by atoms with Crippen LogP contribution in [0.1, 0.15) is 36.8 Å². The van der Waals surface area contributed by atoms with Gasteiger partial charge < -0.3 is 15.0 Å². The highest BCUT2D eigenvalue weighted by molar-refractivity contribution is 7.92. The molecule has 1 aliphatic carbocycles. The first-order valence-electron chi connectivity index (χ1n) is 13.6. The Morgan fingerprint density at radius 2 is 1.59 bits per heavy atom. The Morgan fingerprint density at radius 1 is 0.976 bits per heavy atom. The molecule has 1 aliphatic rings. The summed E-state index contributed by atoms with van der Waals surface area (Å²) < 4.78 is 32.4. The number of hydrogen-bond acceptors (Lipinski definition) is 5. The lowest BCUT2D eigenvalue weighted by molar-refractivity contribution is -0.140. The van der Waals surface area contributed by atoms with Gasteiger partial charge in [0.2, 0.25) is 21.8 Å². The fraction of sp³-hybridized carbons (Fsp3) is 0.355. The number of methoxy groups -OCH3 is 1. The topological polar surface area (TPSA) is 96.0 Å². The summed E-state index contributed by atoms with van der Waals surface area (Å²) in [5, 5.41) is 3.45. The summed E-state index contributed by atoms with van der Waals surface area (Å²) in [6, 6.07) is 22.6. The van der Waals surface area contributed by atoms with Gasteiger partial charge in [-0.25, -0.2) is 8.42 Å². The van der Waals surface area contributed by atoms with E-state index >= 15 is 0 Å². The Bertz CT molecular complexity index is 1430. The lowest BCUT2D eigenvalue weighted by atomic mass is 10.0. The molecule has 4 rings (SSSR count). The standard InChI is InChI=1S/C31H36ClN3O5S/c1-40-29-18-17-25(32)20-27(29)35(41(2,38)39)22-30(36)34(21-24-13-7-4-8-14-24)28(19-23-11-5-3-6-12-23)31(37)33-26-15-9-10-16-26/h3-8,11-14,17-18,20,26,28H,9-10,15-16,19,21-22H2,1-2H3,(H,33,37)/t28-/m1/s1. The van der Waals surface area contributed by atoms with E-state index in [1.807, 2.05) is 60.7 Å². The molecule has 1 atom stereocenters. The number of sulfonamides is 1. The minimum Gasteiger partial charge on any atom is -0.495 e. The van der Waals surface area contributed by atoms with Crippen molar-refractivity contribution in [3.05, 3.63) is 95.0 Å². The van der Waals surface area contributed by atoms with Crippen molar-refractivity contribution in [3.63, 3.8) is 0 Å². The number of amides is 2. The summed E-state index contributed by atoms with van der Waals surface area (Å²) in [7, 11) is -2.53. The Balaban J connectivity index is 1.74. The normalized spacial score (nSPS) is 14.3. The molecule has 2 amide bonds. The first-order chi connectivity index (χ1) is 19.7. The second-order valence-corrected chi connectivity index (χ2v) is 12.6. The van der Waals surface area contributed by atoms with Crippen LogP contribution in [-0.4, -0.2) is 57.1 Å². The van der Waals surface area contributed by atoms with E-state index in [4.69, 9.17) is 16.3 Å². The van der Waals surface area contributed by atoms with Gasteiger partial charge in [0.15, 0.2) is 0 Å². The first kappa shape index (κ1) is 30.4. The second-order valence-electron chi connectivity index (χ2n) is 10.3. The number of nitrogens with one attached hydrogen (secondary N) is 1. The molecule has 0 heterocycles. The number of hydrogen-bond donors (Lipinski definition) is 1. The molecule has 0 bridgehead atoms. The van der Waals surface area contributed by atoms with Gasteiger partial charge >= 0.3 is 0 Å². The molecule has 0 saturated heterocycles. The van der Waals surface area contributed by atoms with Crippen LogP contribution >= 0.6 is 11.6 Å². The molecule has 1 fully saturated rings. The van der Waals surface area contributed by atoms with Gasteiger partial charge in [-0.15, -0.1) is 0 Å². The predicted molar refractivity (Wildman–Crippen MR) is 162 cm³/mol. The highest BCUT2D eigenvalue weighted by Gasteiger charge is 2.34. The van der Waals surface area contributed by atoms with Crippen molar-refractivity contribution in [2.45, 2.75) is 50.7 Å². The number of carbonyl (C=O) groups is 2. The molecule has 3 aromatic carbocycles. The van der Waals surface area contributed by atoms with Gasteiger partial charge in [0, 0.05) is 24.0 Å². The van der Waals surface area contributed by atoms with Gasteiger partial charge in [-0.3, -0.25) is 13.9 Å². The van der Waals surface area contributed by atoms with Crippen molar-refractivity contribution in [2.24, 2.45) is 0 Å². The average Bonchev–Trinajstić information content (AvgIpc) is 3.47. The first-order valence-corrected chi connectivity index (χ1v) is 15.9. The summed E-state index contributed by atoms with van der Waals surface area (Å²) in [6.45, 7) is -0.413. The van der Waals surface area contributed by atoms with Gasteiger partial charge in [0.25, 0.3) is 0 Å². The fourth-order valence-electron chi connectivity index (χ4n) is 5.15. The molecule has 10 heteroatoms. The monoisotopic (exact) mass is 597 g/mol. The summed E-state index contributed by atoms with van der Waals surface area (Å²) in [4.78, 5) is 29.6. The lowest BCUT2D eigenvalue weighted by Gasteiger charge is -2.34. The fourth-order valence-corrected chi connectivity index (χ4v) is 6.17. The van der Waals surface area contributed by atoms with Crippen LogP contribution in [0.2, 0.25) is 5.02 Å². The Morgan fingerprint density at radius 3 is 2.17 bits per heavy atom. The van der Waals surface area contributed by atoms with Gasteiger partial charge in [-0.1, -0.05) is 85.1 Å². The second kappa shape index (κ2) is 13.9. The van der Waals surface area contributed by atoms with E-state index in [0.717, 1.165) is 47.4 Å². The third-order valence-corrected chi connectivity index (χ3v) is 8.62. The maximum absolute atomic E-state index is 14.2. The molecule has 0 radical (unpaired) electrons. The van der Waals surface area contributed by atoms with E-state index in [0.29, 0.717) is 5.02 Å². The van der Waals surface area contributed by atoms with E-state index in [1.165, 1.54) is 18.1 Å². The molecular weight excluding hydrogens is 562 g/mol. The number of carbonyl (C=O) groups excluding carboxylic acids is 2. The molecule has 0 spiro atoms. The maximum Gasteiger partial charge on any atom is 0.244 e. The summed E-state index contributed by atoms with van der Waals surface area (Å²) in [6.07, 6.45) is 5.19. The third-order valence-electron chi connectivity index (χ3n) is 7.26. The zero-order chi connectivity index (χ0) is 29.4. The van der Waals surface area contributed by atoms with E-state index in [9.17, 15) is 18.0 Å². The molecule has 218 valence electrons. The van der Waals surface area contributed by atoms with Gasteiger partial charge in [-0.2, -0.15) is 0 Å². The minimum atomic E-state index is -3.95.